The maximum Gasteiger partial charge on any atom is 0.276 e. The van der Waals surface area contributed by atoms with Gasteiger partial charge in [0.2, 0.25) is 5.75 Å². The largest absolute Gasteiger partial charge is 0.493 e. The Kier molecular flexibility index (Phi) is 9.16. The van der Waals surface area contributed by atoms with Gasteiger partial charge in [0.15, 0.2) is 23.2 Å². The van der Waals surface area contributed by atoms with Gasteiger partial charge >= 0.3 is 0 Å². The third kappa shape index (κ3) is 6.88. The second-order valence-corrected chi connectivity index (χ2v) is 7.46. The monoisotopic (exact) mass is 531 g/mol. The predicted molar refractivity (Wildman–Crippen MR) is 122 cm³/mol. The van der Waals surface area contributed by atoms with Crippen LogP contribution in [0.5, 0.6) is 23.0 Å². The zero-order valence-electron chi connectivity index (χ0n) is 16.7. The Labute approximate surface area is 197 Å². The van der Waals surface area contributed by atoms with Gasteiger partial charge in [0.25, 0.3) is 11.8 Å². The van der Waals surface area contributed by atoms with Gasteiger partial charge in [0.05, 0.1) is 26.4 Å². The Bertz CT molecular complexity index is 966. The number of hydrazine groups is 1. The van der Waals surface area contributed by atoms with Crippen molar-refractivity contribution in [2.45, 2.75) is 0 Å². The quantitative estimate of drug-likeness (QED) is 0.369. The molecule has 0 atom stereocenters. The standard InChI is InChI=1S/C19H19BrClN3O6S/c1-27-14-6-10(7-15(28-2)17(14)29-3)18(26)22-19(31)24-23-16(25)9-30-13-5-4-11(20)8-12(13)21/h4-8H,9H2,1-3H3,(H,23,25)(H2,22,24,26,31). The average Bonchev–Trinajstić information content (AvgIpc) is 2.75. The fraction of sp³-hybridized carbons (Fsp3) is 0.211. The van der Waals surface area contributed by atoms with Gasteiger partial charge in [-0.15, -0.1) is 0 Å². The van der Waals surface area contributed by atoms with Crippen LogP contribution in [0.2, 0.25) is 5.02 Å². The normalized spacial score (nSPS) is 9.97. The number of thiocarbonyl (C=S) groups is 1. The molecule has 0 unspecified atom stereocenters. The highest BCUT2D eigenvalue weighted by Gasteiger charge is 2.18. The van der Waals surface area contributed by atoms with Crippen molar-refractivity contribution in [3.63, 3.8) is 0 Å². The smallest absolute Gasteiger partial charge is 0.276 e. The topological polar surface area (TPSA) is 107 Å². The van der Waals surface area contributed by atoms with Crippen molar-refractivity contribution in [1.82, 2.24) is 16.2 Å². The third-order valence-electron chi connectivity index (χ3n) is 3.72. The van der Waals surface area contributed by atoms with Crippen LogP contribution in [0.25, 0.3) is 0 Å². The van der Waals surface area contributed by atoms with Crippen LogP contribution in [-0.4, -0.2) is 44.9 Å². The summed E-state index contributed by atoms with van der Waals surface area (Å²) in [7, 11) is 4.32. The van der Waals surface area contributed by atoms with E-state index < -0.39 is 11.8 Å². The maximum atomic E-state index is 12.5. The molecule has 3 N–H and O–H groups in total. The van der Waals surface area contributed by atoms with Gasteiger partial charge in [-0.1, -0.05) is 27.5 Å². The zero-order valence-corrected chi connectivity index (χ0v) is 19.9. The van der Waals surface area contributed by atoms with Gasteiger partial charge in [0, 0.05) is 10.0 Å². The van der Waals surface area contributed by atoms with E-state index in [1.807, 2.05) is 0 Å². The minimum Gasteiger partial charge on any atom is -0.493 e. The lowest BCUT2D eigenvalue weighted by molar-refractivity contribution is -0.123. The predicted octanol–water partition coefficient (Wildman–Crippen LogP) is 2.84. The first kappa shape index (κ1) is 24.5. The van der Waals surface area contributed by atoms with Crippen molar-refractivity contribution >= 4 is 56.7 Å². The van der Waals surface area contributed by atoms with Gasteiger partial charge in [-0.05, 0) is 42.5 Å². The number of nitrogens with one attached hydrogen (secondary N) is 3. The SMILES string of the molecule is COc1cc(C(=O)NC(=S)NNC(=O)COc2ccc(Br)cc2Cl)cc(OC)c1OC. The van der Waals surface area contributed by atoms with Crippen LogP contribution in [0, 0.1) is 0 Å². The molecule has 0 bridgehead atoms. The Hall–Kier alpha value is -2.76. The molecule has 2 amide bonds. The number of benzene rings is 2. The van der Waals surface area contributed by atoms with E-state index in [1.165, 1.54) is 33.5 Å². The number of ether oxygens (including phenoxy) is 4. The summed E-state index contributed by atoms with van der Waals surface area (Å²) < 4.78 is 21.8. The van der Waals surface area contributed by atoms with Crippen LogP contribution in [0.15, 0.2) is 34.8 Å². The van der Waals surface area contributed by atoms with Crippen molar-refractivity contribution in [2.75, 3.05) is 27.9 Å². The van der Waals surface area contributed by atoms with Crippen LogP contribution in [0.3, 0.4) is 0 Å². The molecule has 0 aliphatic rings. The summed E-state index contributed by atoms with van der Waals surface area (Å²) in [6, 6.07) is 7.92. The molecule has 12 heteroatoms. The highest BCUT2D eigenvalue weighted by Crippen LogP contribution is 2.38. The third-order valence-corrected chi connectivity index (χ3v) is 4.71. The fourth-order valence-corrected chi connectivity index (χ4v) is 3.19. The first-order chi connectivity index (χ1) is 14.8. The van der Waals surface area contributed by atoms with E-state index in [-0.39, 0.29) is 17.3 Å². The second-order valence-electron chi connectivity index (χ2n) is 5.73. The molecule has 0 saturated carbocycles. The molecule has 31 heavy (non-hydrogen) atoms. The molecule has 2 aromatic rings. The number of rotatable bonds is 7. The molecular weight excluding hydrogens is 514 g/mol. The van der Waals surface area contributed by atoms with Crippen molar-refractivity contribution < 1.29 is 28.5 Å². The lowest BCUT2D eigenvalue weighted by atomic mass is 10.1. The molecule has 9 nitrogen and oxygen atoms in total. The van der Waals surface area contributed by atoms with Crippen molar-refractivity contribution in [1.29, 1.82) is 0 Å². The summed E-state index contributed by atoms with van der Waals surface area (Å²) in [5, 5.41) is 2.65. The average molecular weight is 533 g/mol. The zero-order chi connectivity index (χ0) is 23.0. The number of carbonyl (C=O) groups excluding carboxylic acids is 2. The summed E-state index contributed by atoms with van der Waals surface area (Å²) in [4.78, 5) is 24.4. The minimum absolute atomic E-state index is 0.131. The van der Waals surface area contributed by atoms with Crippen LogP contribution in [0.4, 0.5) is 0 Å². The maximum absolute atomic E-state index is 12.5. The Morgan fingerprint density at radius 1 is 1.00 bits per heavy atom. The molecule has 0 aliphatic carbocycles. The van der Waals surface area contributed by atoms with Gasteiger partial charge in [-0.2, -0.15) is 0 Å². The van der Waals surface area contributed by atoms with E-state index in [0.717, 1.165) is 4.47 Å². The summed E-state index contributed by atoms with van der Waals surface area (Å²) in [6.07, 6.45) is 0. The van der Waals surface area contributed by atoms with E-state index in [4.69, 9.17) is 42.8 Å². The van der Waals surface area contributed by atoms with E-state index >= 15 is 0 Å². The van der Waals surface area contributed by atoms with E-state index in [0.29, 0.717) is 28.0 Å². The molecule has 166 valence electrons. The second kappa shape index (κ2) is 11.6. The number of hydrogen-bond acceptors (Lipinski definition) is 7. The van der Waals surface area contributed by atoms with E-state index in [9.17, 15) is 9.59 Å². The molecule has 2 aromatic carbocycles. The lowest BCUT2D eigenvalue weighted by Crippen LogP contribution is -2.49. The molecule has 0 saturated heterocycles. The summed E-state index contributed by atoms with van der Waals surface area (Å²) in [5.41, 5.74) is 4.93. The summed E-state index contributed by atoms with van der Waals surface area (Å²) in [5.74, 6) is 0.219. The Morgan fingerprint density at radius 2 is 1.65 bits per heavy atom. The van der Waals surface area contributed by atoms with Crippen molar-refractivity contribution in [3.05, 3.63) is 45.4 Å². The number of carbonyl (C=O) groups is 2. The lowest BCUT2D eigenvalue weighted by Gasteiger charge is -2.15. The van der Waals surface area contributed by atoms with Crippen LogP contribution < -0.4 is 35.1 Å². The molecule has 0 fully saturated rings. The van der Waals surface area contributed by atoms with Gasteiger partial charge in [0.1, 0.15) is 5.75 Å². The van der Waals surface area contributed by atoms with Crippen LogP contribution in [0.1, 0.15) is 10.4 Å². The van der Waals surface area contributed by atoms with Gasteiger partial charge < -0.3 is 18.9 Å². The number of amides is 2. The van der Waals surface area contributed by atoms with Crippen LogP contribution in [-0.2, 0) is 4.79 Å². The minimum atomic E-state index is -0.552. The van der Waals surface area contributed by atoms with Crippen LogP contribution >= 0.6 is 39.7 Å². The molecule has 2 rings (SSSR count). The Morgan fingerprint density at radius 3 is 2.19 bits per heavy atom. The fourth-order valence-electron chi connectivity index (χ4n) is 2.32. The first-order valence-electron chi connectivity index (χ1n) is 8.57. The highest BCUT2D eigenvalue weighted by molar-refractivity contribution is 9.10. The van der Waals surface area contributed by atoms with E-state index in [1.54, 1.807) is 18.2 Å². The molecule has 0 aromatic heterocycles. The molecule has 0 aliphatic heterocycles. The number of halogens is 2. The molecule has 0 spiro atoms. The van der Waals surface area contributed by atoms with Gasteiger partial charge in [-0.3, -0.25) is 25.8 Å². The number of hydrogen-bond donors (Lipinski definition) is 3. The number of methoxy groups -OCH3 is 3. The molecular formula is C19H19BrClN3O6S. The highest BCUT2D eigenvalue weighted by atomic mass is 79.9. The van der Waals surface area contributed by atoms with Crippen molar-refractivity contribution in [2.24, 2.45) is 0 Å². The van der Waals surface area contributed by atoms with Crippen molar-refractivity contribution in [3.8, 4) is 23.0 Å². The first-order valence-corrected chi connectivity index (χ1v) is 10.1. The Balaban J connectivity index is 1.89. The molecule has 0 radical (unpaired) electrons. The molecule has 0 heterocycles. The summed E-state index contributed by atoms with van der Waals surface area (Å²) >= 11 is 14.3. The van der Waals surface area contributed by atoms with E-state index in [2.05, 4.69) is 32.1 Å². The summed E-state index contributed by atoms with van der Waals surface area (Å²) in [6.45, 7) is -0.322. The van der Waals surface area contributed by atoms with Gasteiger partial charge in [-0.25, -0.2) is 0 Å².